The molecule has 2 aromatic heterocycles. The molecule has 0 aliphatic carbocycles. The third-order valence-electron chi connectivity index (χ3n) is 4.68. The lowest BCUT2D eigenvalue weighted by Gasteiger charge is -2.16. The van der Waals surface area contributed by atoms with Crippen LogP contribution in [0, 0.1) is 0 Å². The summed E-state index contributed by atoms with van der Waals surface area (Å²) in [6.45, 7) is 5.25. The molecule has 28 heavy (non-hydrogen) atoms. The predicted octanol–water partition coefficient (Wildman–Crippen LogP) is 2.30. The molecular weight excluding hydrogens is 360 g/mol. The van der Waals surface area contributed by atoms with Crippen molar-refractivity contribution in [2.24, 2.45) is 0 Å². The summed E-state index contributed by atoms with van der Waals surface area (Å²) in [6, 6.07) is 9.39. The number of carbonyl (C=O) groups excluding carboxylic acids is 1. The number of hydrogen-bond acceptors (Lipinski definition) is 7. The lowest BCUT2D eigenvalue weighted by atomic mass is 10.2. The van der Waals surface area contributed by atoms with E-state index in [1.807, 2.05) is 44.2 Å². The van der Waals surface area contributed by atoms with Gasteiger partial charge in [0.2, 0.25) is 0 Å². The average Bonchev–Trinajstić information content (AvgIpc) is 3.46. The minimum Gasteiger partial charge on any atom is -0.484 e. The minimum absolute atomic E-state index is 0.0271. The first-order chi connectivity index (χ1) is 13.6. The first-order valence-corrected chi connectivity index (χ1v) is 9.31. The standard InChI is InChI=1S/C19H22N6O3/c1-13(2)18-20-19(28-22-18)16-11-25(23-21-16)14-8-9-24(10-14)17(26)12-27-15-6-4-3-5-7-15/h3-7,11,13-14H,8-10,12H2,1-2H3/t14-/m1/s1. The zero-order valence-electron chi connectivity index (χ0n) is 15.9. The molecule has 0 N–H and O–H groups in total. The van der Waals surface area contributed by atoms with Crippen molar-refractivity contribution in [1.82, 2.24) is 30.0 Å². The van der Waals surface area contributed by atoms with Crippen molar-refractivity contribution in [3.05, 3.63) is 42.4 Å². The highest BCUT2D eigenvalue weighted by atomic mass is 16.5. The Morgan fingerprint density at radius 2 is 2.14 bits per heavy atom. The topological polar surface area (TPSA) is 99.2 Å². The third-order valence-corrected chi connectivity index (χ3v) is 4.68. The van der Waals surface area contributed by atoms with Gasteiger partial charge in [-0.3, -0.25) is 4.79 Å². The summed E-state index contributed by atoms with van der Waals surface area (Å²) in [6.07, 6.45) is 2.59. The number of nitrogens with zero attached hydrogens (tertiary/aromatic N) is 6. The lowest BCUT2D eigenvalue weighted by Crippen LogP contribution is -2.33. The van der Waals surface area contributed by atoms with Crippen molar-refractivity contribution in [3.63, 3.8) is 0 Å². The number of para-hydroxylation sites is 1. The van der Waals surface area contributed by atoms with E-state index in [1.54, 1.807) is 15.8 Å². The smallest absolute Gasteiger partial charge is 0.280 e. The van der Waals surface area contributed by atoms with Crippen LogP contribution in [0.5, 0.6) is 5.75 Å². The van der Waals surface area contributed by atoms with Crippen molar-refractivity contribution >= 4 is 5.91 Å². The number of benzene rings is 1. The summed E-state index contributed by atoms with van der Waals surface area (Å²) in [5.74, 6) is 1.83. The highest BCUT2D eigenvalue weighted by Crippen LogP contribution is 2.24. The van der Waals surface area contributed by atoms with Crippen LogP contribution in [0.2, 0.25) is 0 Å². The van der Waals surface area contributed by atoms with Crippen LogP contribution in [0.15, 0.2) is 41.1 Å². The largest absolute Gasteiger partial charge is 0.484 e. The van der Waals surface area contributed by atoms with E-state index in [2.05, 4.69) is 20.5 Å². The molecule has 1 aromatic carbocycles. The molecule has 3 heterocycles. The molecule has 0 saturated carbocycles. The average molecular weight is 382 g/mol. The number of amides is 1. The second-order valence-corrected chi connectivity index (χ2v) is 7.08. The van der Waals surface area contributed by atoms with Crippen LogP contribution in [0.25, 0.3) is 11.6 Å². The van der Waals surface area contributed by atoms with Crippen LogP contribution < -0.4 is 4.74 Å². The molecule has 4 rings (SSSR count). The number of aromatic nitrogens is 5. The van der Waals surface area contributed by atoms with Gasteiger partial charge in [0.1, 0.15) is 5.75 Å². The molecule has 1 amide bonds. The van der Waals surface area contributed by atoms with Gasteiger partial charge in [-0.2, -0.15) is 4.98 Å². The number of hydrogen-bond donors (Lipinski definition) is 0. The molecule has 0 radical (unpaired) electrons. The molecule has 1 atom stereocenters. The van der Waals surface area contributed by atoms with E-state index in [-0.39, 0.29) is 24.5 Å². The molecule has 0 spiro atoms. The molecule has 9 heteroatoms. The normalized spacial score (nSPS) is 16.7. The van der Waals surface area contributed by atoms with Crippen molar-refractivity contribution in [3.8, 4) is 17.3 Å². The van der Waals surface area contributed by atoms with E-state index < -0.39 is 0 Å². The van der Waals surface area contributed by atoms with E-state index in [4.69, 9.17) is 9.26 Å². The Hall–Kier alpha value is -3.23. The first kappa shape index (κ1) is 18.1. The molecule has 9 nitrogen and oxygen atoms in total. The maximum Gasteiger partial charge on any atom is 0.280 e. The van der Waals surface area contributed by atoms with Gasteiger partial charge in [0.15, 0.2) is 18.1 Å². The summed E-state index contributed by atoms with van der Waals surface area (Å²) in [7, 11) is 0. The molecular formula is C19H22N6O3. The van der Waals surface area contributed by atoms with Gasteiger partial charge in [0, 0.05) is 19.0 Å². The monoisotopic (exact) mass is 382 g/mol. The fraction of sp³-hybridized carbons (Fsp3) is 0.421. The van der Waals surface area contributed by atoms with Crippen molar-refractivity contribution in [2.45, 2.75) is 32.2 Å². The predicted molar refractivity (Wildman–Crippen MR) is 99.6 cm³/mol. The minimum atomic E-state index is -0.0369. The Kier molecular flexibility index (Phi) is 5.05. The van der Waals surface area contributed by atoms with E-state index in [1.165, 1.54) is 0 Å². The molecule has 1 saturated heterocycles. The number of carbonyl (C=O) groups is 1. The summed E-state index contributed by atoms with van der Waals surface area (Å²) < 4.78 is 12.6. The third kappa shape index (κ3) is 3.88. The van der Waals surface area contributed by atoms with Gasteiger partial charge in [-0.15, -0.1) is 5.10 Å². The molecule has 0 unspecified atom stereocenters. The summed E-state index contributed by atoms with van der Waals surface area (Å²) >= 11 is 0. The number of rotatable bonds is 6. The fourth-order valence-electron chi connectivity index (χ4n) is 3.06. The van der Waals surface area contributed by atoms with E-state index in [0.717, 1.165) is 6.42 Å². The van der Waals surface area contributed by atoms with Gasteiger partial charge < -0.3 is 14.2 Å². The zero-order chi connectivity index (χ0) is 19.5. The molecule has 1 aliphatic rings. The van der Waals surface area contributed by atoms with Crippen LogP contribution in [-0.2, 0) is 4.79 Å². The SMILES string of the molecule is CC(C)c1noc(-c2cn([C@@H]3CCN(C(=O)COc4ccccc4)C3)nn2)n1. The maximum absolute atomic E-state index is 12.4. The Morgan fingerprint density at radius 1 is 1.32 bits per heavy atom. The summed E-state index contributed by atoms with van der Waals surface area (Å²) in [5.41, 5.74) is 0.539. The number of ether oxygens (including phenoxy) is 1. The zero-order valence-corrected chi connectivity index (χ0v) is 15.9. The highest BCUT2D eigenvalue weighted by molar-refractivity contribution is 5.78. The Bertz CT molecular complexity index is 936. The molecule has 1 aliphatic heterocycles. The van der Waals surface area contributed by atoms with E-state index in [9.17, 15) is 4.79 Å². The van der Waals surface area contributed by atoms with Gasteiger partial charge in [0.25, 0.3) is 11.8 Å². The Morgan fingerprint density at radius 3 is 2.89 bits per heavy atom. The van der Waals surface area contributed by atoms with Gasteiger partial charge in [-0.25, -0.2) is 4.68 Å². The van der Waals surface area contributed by atoms with Gasteiger partial charge >= 0.3 is 0 Å². The van der Waals surface area contributed by atoms with Gasteiger partial charge in [-0.05, 0) is 18.6 Å². The van der Waals surface area contributed by atoms with Gasteiger partial charge in [0.05, 0.1) is 12.2 Å². The van der Waals surface area contributed by atoms with Crippen LogP contribution in [0.3, 0.4) is 0 Å². The van der Waals surface area contributed by atoms with Crippen LogP contribution >= 0.6 is 0 Å². The molecule has 0 bridgehead atoms. The Labute approximate surface area is 162 Å². The quantitative estimate of drug-likeness (QED) is 0.645. The first-order valence-electron chi connectivity index (χ1n) is 9.31. The maximum atomic E-state index is 12.4. The summed E-state index contributed by atoms with van der Waals surface area (Å²) in [4.78, 5) is 18.5. The fourth-order valence-corrected chi connectivity index (χ4v) is 3.06. The second kappa shape index (κ2) is 7.79. The van der Waals surface area contributed by atoms with Crippen molar-refractivity contribution in [1.29, 1.82) is 0 Å². The second-order valence-electron chi connectivity index (χ2n) is 7.08. The number of likely N-dealkylation sites (tertiary alicyclic amines) is 1. The molecule has 1 fully saturated rings. The molecule has 146 valence electrons. The molecule has 3 aromatic rings. The van der Waals surface area contributed by atoms with Gasteiger partial charge in [-0.1, -0.05) is 42.4 Å². The van der Waals surface area contributed by atoms with Crippen LogP contribution in [0.4, 0.5) is 0 Å². The van der Waals surface area contributed by atoms with E-state index in [0.29, 0.717) is 36.2 Å². The summed E-state index contributed by atoms with van der Waals surface area (Å²) in [5, 5.41) is 12.3. The van der Waals surface area contributed by atoms with E-state index >= 15 is 0 Å². The lowest BCUT2D eigenvalue weighted by molar-refractivity contribution is -0.132. The van der Waals surface area contributed by atoms with Crippen molar-refractivity contribution in [2.75, 3.05) is 19.7 Å². The highest BCUT2D eigenvalue weighted by Gasteiger charge is 2.29. The van der Waals surface area contributed by atoms with Crippen LogP contribution in [0.1, 0.15) is 38.1 Å². The van der Waals surface area contributed by atoms with Crippen molar-refractivity contribution < 1.29 is 14.1 Å². The Balaban J connectivity index is 1.35. The van der Waals surface area contributed by atoms with Crippen LogP contribution in [-0.4, -0.2) is 55.6 Å².